The summed E-state index contributed by atoms with van der Waals surface area (Å²) in [5.41, 5.74) is 0.825. The van der Waals surface area contributed by atoms with Crippen LogP contribution < -0.4 is 15.4 Å². The Balaban J connectivity index is 1.64. The molecule has 0 saturated carbocycles. The lowest BCUT2D eigenvalue weighted by Gasteiger charge is -2.13. The molecular formula is C17H25F2N3O3. The van der Waals surface area contributed by atoms with Crippen LogP contribution in [0.15, 0.2) is 29.3 Å². The number of nitrogens with one attached hydrogen (secondary N) is 2. The van der Waals surface area contributed by atoms with Crippen molar-refractivity contribution in [3.05, 3.63) is 29.8 Å². The summed E-state index contributed by atoms with van der Waals surface area (Å²) >= 11 is 0. The lowest BCUT2D eigenvalue weighted by molar-refractivity contribution is -0.0498. The first-order valence-corrected chi connectivity index (χ1v) is 8.35. The first-order chi connectivity index (χ1) is 12.2. The second-order valence-corrected chi connectivity index (χ2v) is 5.59. The van der Waals surface area contributed by atoms with Gasteiger partial charge in [0.25, 0.3) is 0 Å². The molecule has 0 aliphatic carbocycles. The summed E-state index contributed by atoms with van der Waals surface area (Å²) in [5, 5.41) is 6.32. The molecule has 2 rings (SSSR count). The number of alkyl halides is 2. The standard InChI is InChI=1S/C17H25F2N3O3/c1-20-17(21-7-3-8-24-15-6-9-23-12-15)22-11-13-4-2-5-14(10-13)25-16(18)19/h2,4-5,10,15-16H,3,6-9,11-12H2,1H3,(H2,20,21,22). The van der Waals surface area contributed by atoms with Crippen LogP contribution in [0.25, 0.3) is 0 Å². The average molecular weight is 357 g/mol. The fraction of sp³-hybridized carbons (Fsp3) is 0.588. The molecule has 1 fully saturated rings. The van der Waals surface area contributed by atoms with Gasteiger partial charge in [0.2, 0.25) is 0 Å². The maximum atomic E-state index is 12.2. The number of hydrogen-bond donors (Lipinski definition) is 2. The number of rotatable bonds is 9. The molecule has 2 N–H and O–H groups in total. The molecule has 1 heterocycles. The Morgan fingerprint density at radius 3 is 3.00 bits per heavy atom. The summed E-state index contributed by atoms with van der Waals surface area (Å²) in [5.74, 6) is 0.787. The van der Waals surface area contributed by atoms with Gasteiger partial charge in [-0.05, 0) is 30.5 Å². The van der Waals surface area contributed by atoms with E-state index in [2.05, 4.69) is 20.4 Å². The van der Waals surface area contributed by atoms with Gasteiger partial charge in [0.1, 0.15) is 5.75 Å². The van der Waals surface area contributed by atoms with E-state index in [9.17, 15) is 8.78 Å². The zero-order valence-corrected chi connectivity index (χ0v) is 14.3. The van der Waals surface area contributed by atoms with Crippen molar-refractivity contribution in [2.75, 3.05) is 33.4 Å². The van der Waals surface area contributed by atoms with Gasteiger partial charge in [0, 0.05) is 33.4 Å². The van der Waals surface area contributed by atoms with E-state index in [-0.39, 0.29) is 11.9 Å². The molecule has 6 nitrogen and oxygen atoms in total. The summed E-state index contributed by atoms with van der Waals surface area (Å²) in [6.45, 7) is 0.493. The van der Waals surface area contributed by atoms with Crippen LogP contribution in [0.4, 0.5) is 8.78 Å². The molecule has 1 saturated heterocycles. The molecule has 1 aliphatic rings. The van der Waals surface area contributed by atoms with Crippen LogP contribution >= 0.6 is 0 Å². The van der Waals surface area contributed by atoms with Crippen LogP contribution in [0.3, 0.4) is 0 Å². The highest BCUT2D eigenvalue weighted by Gasteiger charge is 2.15. The molecular weight excluding hydrogens is 332 g/mol. The van der Waals surface area contributed by atoms with E-state index in [0.29, 0.717) is 25.7 Å². The minimum atomic E-state index is -2.82. The van der Waals surface area contributed by atoms with E-state index < -0.39 is 6.61 Å². The second kappa shape index (κ2) is 10.8. The number of benzene rings is 1. The van der Waals surface area contributed by atoms with E-state index in [0.717, 1.165) is 31.6 Å². The zero-order valence-electron chi connectivity index (χ0n) is 14.3. The quantitative estimate of drug-likeness (QED) is 0.403. The normalized spacial score (nSPS) is 17.8. The number of hydrogen-bond acceptors (Lipinski definition) is 4. The van der Waals surface area contributed by atoms with Crippen molar-refractivity contribution < 1.29 is 23.0 Å². The van der Waals surface area contributed by atoms with Crippen LogP contribution in [0.1, 0.15) is 18.4 Å². The van der Waals surface area contributed by atoms with Crippen molar-refractivity contribution in [1.82, 2.24) is 10.6 Å². The molecule has 0 amide bonds. The minimum Gasteiger partial charge on any atom is -0.435 e. The molecule has 1 unspecified atom stereocenters. The molecule has 1 aliphatic heterocycles. The van der Waals surface area contributed by atoms with Crippen molar-refractivity contribution in [3.8, 4) is 5.75 Å². The van der Waals surface area contributed by atoms with Gasteiger partial charge in [-0.15, -0.1) is 0 Å². The van der Waals surface area contributed by atoms with Crippen molar-refractivity contribution in [1.29, 1.82) is 0 Å². The predicted octanol–water partition coefficient (Wildman–Crippen LogP) is 2.15. The highest BCUT2D eigenvalue weighted by Crippen LogP contribution is 2.15. The number of guanidine groups is 1. The summed E-state index contributed by atoms with van der Waals surface area (Å²) in [4.78, 5) is 4.13. The Hall–Kier alpha value is -1.93. The molecule has 8 heteroatoms. The Bertz CT molecular complexity index is 538. The molecule has 0 aromatic heterocycles. The molecule has 25 heavy (non-hydrogen) atoms. The average Bonchev–Trinajstić information content (AvgIpc) is 3.10. The van der Waals surface area contributed by atoms with Crippen molar-refractivity contribution in [2.45, 2.75) is 32.1 Å². The Morgan fingerprint density at radius 1 is 1.40 bits per heavy atom. The highest BCUT2D eigenvalue weighted by molar-refractivity contribution is 5.79. The Morgan fingerprint density at radius 2 is 2.28 bits per heavy atom. The monoisotopic (exact) mass is 357 g/mol. The zero-order chi connectivity index (χ0) is 17.9. The van der Waals surface area contributed by atoms with Gasteiger partial charge < -0.3 is 24.8 Å². The maximum Gasteiger partial charge on any atom is 0.387 e. The number of aliphatic imine (C=N–C) groups is 1. The van der Waals surface area contributed by atoms with Crippen LogP contribution in [-0.4, -0.2) is 52.1 Å². The first kappa shape index (κ1) is 19.4. The third-order valence-corrected chi connectivity index (χ3v) is 3.66. The fourth-order valence-electron chi connectivity index (χ4n) is 2.41. The third-order valence-electron chi connectivity index (χ3n) is 3.66. The molecule has 1 aromatic carbocycles. The smallest absolute Gasteiger partial charge is 0.387 e. The number of ether oxygens (including phenoxy) is 3. The van der Waals surface area contributed by atoms with E-state index >= 15 is 0 Å². The van der Waals surface area contributed by atoms with Crippen molar-refractivity contribution in [3.63, 3.8) is 0 Å². The van der Waals surface area contributed by atoms with Crippen LogP contribution in [-0.2, 0) is 16.0 Å². The number of halogens is 2. The van der Waals surface area contributed by atoms with E-state index in [4.69, 9.17) is 9.47 Å². The second-order valence-electron chi connectivity index (χ2n) is 5.59. The van der Waals surface area contributed by atoms with Gasteiger partial charge >= 0.3 is 6.61 Å². The van der Waals surface area contributed by atoms with Crippen LogP contribution in [0.2, 0.25) is 0 Å². The van der Waals surface area contributed by atoms with E-state index in [1.54, 1.807) is 19.2 Å². The van der Waals surface area contributed by atoms with Gasteiger partial charge in [0.15, 0.2) is 5.96 Å². The molecule has 0 radical (unpaired) electrons. The van der Waals surface area contributed by atoms with Crippen molar-refractivity contribution in [2.24, 2.45) is 4.99 Å². The summed E-state index contributed by atoms with van der Waals surface area (Å²) in [6, 6.07) is 6.58. The SMILES string of the molecule is CN=C(NCCCOC1CCOC1)NCc1cccc(OC(F)F)c1. The predicted molar refractivity (Wildman–Crippen MR) is 91.1 cm³/mol. The lowest BCUT2D eigenvalue weighted by atomic mass is 10.2. The van der Waals surface area contributed by atoms with Gasteiger partial charge in [-0.2, -0.15) is 8.78 Å². The molecule has 0 bridgehead atoms. The van der Waals surface area contributed by atoms with Gasteiger partial charge in [-0.1, -0.05) is 12.1 Å². The third kappa shape index (κ3) is 7.66. The maximum absolute atomic E-state index is 12.2. The summed E-state index contributed by atoms with van der Waals surface area (Å²) < 4.78 is 39.8. The highest BCUT2D eigenvalue weighted by atomic mass is 19.3. The van der Waals surface area contributed by atoms with Crippen molar-refractivity contribution >= 4 is 5.96 Å². The topological polar surface area (TPSA) is 64.1 Å². The number of nitrogens with zero attached hydrogens (tertiary/aromatic N) is 1. The van der Waals surface area contributed by atoms with E-state index in [1.165, 1.54) is 6.07 Å². The Kier molecular flexibility index (Phi) is 8.41. The van der Waals surface area contributed by atoms with E-state index in [1.807, 2.05) is 6.07 Å². The van der Waals surface area contributed by atoms with Gasteiger partial charge in [-0.25, -0.2) is 0 Å². The summed E-state index contributed by atoms with van der Waals surface area (Å²) in [6.07, 6.45) is 2.04. The van der Waals surface area contributed by atoms with Gasteiger partial charge in [0.05, 0.1) is 12.7 Å². The Labute approximate surface area is 146 Å². The minimum absolute atomic E-state index is 0.144. The fourth-order valence-corrected chi connectivity index (χ4v) is 2.41. The molecule has 140 valence electrons. The molecule has 0 spiro atoms. The lowest BCUT2D eigenvalue weighted by Crippen LogP contribution is -2.37. The van der Waals surface area contributed by atoms with Crippen LogP contribution in [0.5, 0.6) is 5.75 Å². The molecule has 1 aromatic rings. The van der Waals surface area contributed by atoms with Gasteiger partial charge in [-0.3, -0.25) is 4.99 Å². The largest absolute Gasteiger partial charge is 0.435 e. The molecule has 1 atom stereocenters. The van der Waals surface area contributed by atoms with Crippen LogP contribution in [0, 0.1) is 0 Å². The first-order valence-electron chi connectivity index (χ1n) is 8.35. The summed E-state index contributed by atoms with van der Waals surface area (Å²) in [7, 11) is 1.68.